The molecule has 0 rings (SSSR count). The molecule has 0 heterocycles. The molecule has 75 heavy (non-hydrogen) atoms. The molecule has 2 amide bonds. The van der Waals surface area contributed by atoms with E-state index in [0.29, 0.717) is 12.8 Å². The van der Waals surface area contributed by atoms with E-state index in [1.54, 1.807) is 0 Å². The van der Waals surface area contributed by atoms with Crippen LogP contribution in [-0.2, 0) is 51.4 Å². The number of rotatable bonds is 50. The van der Waals surface area contributed by atoms with Crippen LogP contribution in [0.15, 0.2) is 24.3 Å². The minimum atomic E-state index is -5.92. The molecule has 4 atom stereocenters. The summed E-state index contributed by atoms with van der Waals surface area (Å²) in [5.74, 6) is -2.25. The number of aliphatic hydroxyl groups is 1. The second-order valence-electron chi connectivity index (χ2n) is 18.5. The van der Waals surface area contributed by atoms with Crippen LogP contribution in [0.3, 0.4) is 0 Å². The van der Waals surface area contributed by atoms with E-state index in [0.717, 1.165) is 77.0 Å². The van der Waals surface area contributed by atoms with Crippen LogP contribution in [0.25, 0.3) is 0 Å². The van der Waals surface area contributed by atoms with E-state index >= 15 is 0 Å². The van der Waals surface area contributed by atoms with Gasteiger partial charge in [-0.1, -0.05) is 141 Å². The third-order valence-electron chi connectivity index (χ3n) is 11.8. The number of unbranched alkanes of at least 4 members (excludes halogenated alkanes) is 22. The average Bonchev–Trinajstić information content (AvgIpc) is 3.31. The number of ether oxygens (including phenoxy) is 2. The molecule has 0 aliphatic heterocycles. The zero-order valence-electron chi connectivity index (χ0n) is 46.7. The molecule has 0 aromatic rings. The van der Waals surface area contributed by atoms with Crippen molar-refractivity contribution in [3.05, 3.63) is 24.3 Å². The monoisotopic (exact) mass is 1150 g/mol. The maximum Gasteiger partial charge on any atom is 1.00 e. The first-order valence-electron chi connectivity index (χ1n) is 26.9. The van der Waals surface area contributed by atoms with E-state index in [1.807, 2.05) is 0 Å². The molecule has 3 unspecified atom stereocenters. The number of phosphoric acid groups is 1. The summed E-state index contributed by atoms with van der Waals surface area (Å²) in [6.07, 6.45) is 35.0. The van der Waals surface area contributed by atoms with Gasteiger partial charge in [-0.2, -0.15) is 0 Å². The van der Waals surface area contributed by atoms with Gasteiger partial charge in [0.1, 0.15) is 6.61 Å². The first-order valence-corrected chi connectivity index (χ1v) is 31.5. The largest absolute Gasteiger partial charge is 1.00 e. The van der Waals surface area contributed by atoms with Gasteiger partial charge in [0.2, 0.25) is 11.8 Å². The van der Waals surface area contributed by atoms with E-state index in [4.69, 9.17) is 28.3 Å². The Bertz CT molecular complexity index is 1630. The third-order valence-corrected chi connectivity index (χ3v) is 16.6. The van der Waals surface area contributed by atoms with E-state index in [1.165, 1.54) is 77.0 Å². The zero-order chi connectivity index (χ0) is 53.8. The summed E-state index contributed by atoms with van der Waals surface area (Å²) in [5.41, 5.74) is 0. The fourth-order valence-corrected chi connectivity index (χ4v) is 10.3. The Hall–Kier alpha value is 0.730. The molecule has 0 fully saturated rings. The molecule has 0 aromatic heterocycles. The molecular weight excluding hydrogens is 1060 g/mol. The van der Waals surface area contributed by atoms with Crippen LogP contribution in [0.2, 0.25) is 0 Å². The number of nitrogens with one attached hydrogen (secondary N) is 2. The van der Waals surface area contributed by atoms with Crippen LogP contribution in [0.5, 0.6) is 0 Å². The summed E-state index contributed by atoms with van der Waals surface area (Å²) < 4.78 is 55.8. The molecule has 0 aliphatic carbocycles. The van der Waals surface area contributed by atoms with Gasteiger partial charge in [-0.3, -0.25) is 23.7 Å². The molecule has 0 aliphatic rings. The smallest absolute Gasteiger partial charge is 0.776 e. The van der Waals surface area contributed by atoms with Crippen molar-refractivity contribution in [3.63, 3.8) is 0 Å². The number of hydrogen-bond donors (Lipinski definition) is 5. The first-order chi connectivity index (χ1) is 34.3. The Morgan fingerprint density at radius 2 is 0.893 bits per heavy atom. The molecule has 0 saturated heterocycles. The van der Waals surface area contributed by atoms with Crippen LogP contribution < -0.4 is 114 Å². The molecular formula is C50H92N2Na3O17P3. The van der Waals surface area contributed by atoms with E-state index < -0.39 is 90.6 Å². The van der Waals surface area contributed by atoms with Crippen molar-refractivity contribution >= 4 is 46.8 Å². The summed E-state index contributed by atoms with van der Waals surface area (Å²) >= 11 is 0. The van der Waals surface area contributed by atoms with Gasteiger partial charge in [0, 0.05) is 38.8 Å². The van der Waals surface area contributed by atoms with Crippen LogP contribution in [0, 0.1) is 0 Å². The average molecular weight is 1160 g/mol. The Kier molecular flexibility index (Phi) is 57.8. The third kappa shape index (κ3) is 49.1. The molecule has 0 spiro atoms. The number of phosphoric ester groups is 1. The standard InChI is InChI=1S/C50H95N2O17P3.3Na/c1-3-5-7-9-11-13-15-17-19-21-23-25-27-29-31-37-48(55)66-43-45(69-49(56)38-32-30-28-26-24-22-20-18-16-14-12-10-8-6-4-2)44-68-72(64,65)67-42-41-52-47(54)36-33-35-46(53)51-40-34-39-50(57,70(58,59)60)71(61,62)63;;;/h17-20,45,57H,3-16,21-44H2,1-2H3,(H,51,53)(H,52,54)(H,64,65)(H2,58,59,60)(H2,61,62,63);;;/q;3*+1/p-3/b19-17-,20-18-;;;/t45-;;;/m1.../s1. The van der Waals surface area contributed by atoms with Gasteiger partial charge in [0.15, 0.2) is 26.4 Å². The summed E-state index contributed by atoms with van der Waals surface area (Å²) in [5, 5.41) is 10.7. The normalized spacial score (nSPS) is 15.0. The Morgan fingerprint density at radius 3 is 1.32 bits per heavy atom. The number of amides is 2. The molecule has 0 radical (unpaired) electrons. The molecule has 422 valence electrons. The van der Waals surface area contributed by atoms with Crippen LogP contribution in [0.4, 0.5) is 0 Å². The van der Waals surface area contributed by atoms with Crippen LogP contribution >= 0.6 is 23.0 Å². The fourth-order valence-electron chi connectivity index (χ4n) is 7.44. The van der Waals surface area contributed by atoms with Crippen molar-refractivity contribution in [1.82, 2.24) is 10.6 Å². The van der Waals surface area contributed by atoms with Gasteiger partial charge in [-0.05, 0) is 83.5 Å². The topological polar surface area (TPSA) is 310 Å². The predicted octanol–water partition coefficient (Wildman–Crippen LogP) is -0.0496. The Balaban J connectivity index is -0.00000840. The van der Waals surface area contributed by atoms with Gasteiger partial charge < -0.3 is 67.9 Å². The molecule has 25 heteroatoms. The maximum absolute atomic E-state index is 12.8. The fraction of sp³-hybridized carbons (Fsp3) is 0.840. The summed E-state index contributed by atoms with van der Waals surface area (Å²) in [6, 6.07) is 0. The SMILES string of the molecule is CCCCCCCC/C=C\CCCCCCCC(=O)OC[C@H](COP(=O)([O-])OCCNC(=O)CCCC(=O)NCCCC(O)(P(=O)([O-])O)P(=O)([O-])O)OC(=O)CCCCCCC/C=C\CCCCCCCC.[Na+].[Na+].[Na+]. The number of allylic oxidation sites excluding steroid dienone is 4. The Morgan fingerprint density at radius 1 is 0.507 bits per heavy atom. The minimum absolute atomic E-state index is 0. The van der Waals surface area contributed by atoms with Crippen molar-refractivity contribution in [3.8, 4) is 0 Å². The predicted molar refractivity (Wildman–Crippen MR) is 273 cm³/mol. The molecule has 0 saturated carbocycles. The summed E-state index contributed by atoms with van der Waals surface area (Å²) in [6.45, 7) is 2.26. The van der Waals surface area contributed by atoms with Gasteiger partial charge in [0.05, 0.1) is 13.2 Å². The van der Waals surface area contributed by atoms with Gasteiger partial charge in [-0.15, -0.1) is 0 Å². The number of carbonyl (C=O) groups excluding carboxylic acids is 4. The maximum atomic E-state index is 12.8. The van der Waals surface area contributed by atoms with Crippen LogP contribution in [-0.4, -0.2) is 82.7 Å². The molecule has 0 aromatic carbocycles. The second-order valence-corrected chi connectivity index (χ2v) is 23.8. The quantitative estimate of drug-likeness (QED) is 0.0175. The van der Waals surface area contributed by atoms with Crippen molar-refractivity contribution < 1.29 is 170 Å². The minimum Gasteiger partial charge on any atom is -0.776 e. The molecule has 19 nitrogen and oxygen atoms in total. The van der Waals surface area contributed by atoms with Gasteiger partial charge in [-0.25, -0.2) is 0 Å². The summed E-state index contributed by atoms with van der Waals surface area (Å²) in [7, 11) is -16.8. The molecule has 5 N–H and O–H groups in total. The Labute approximate surface area is 516 Å². The van der Waals surface area contributed by atoms with Crippen molar-refractivity contribution in [2.75, 3.05) is 32.9 Å². The van der Waals surface area contributed by atoms with Crippen molar-refractivity contribution in [2.24, 2.45) is 0 Å². The van der Waals surface area contributed by atoms with Crippen molar-refractivity contribution in [2.45, 2.75) is 237 Å². The van der Waals surface area contributed by atoms with E-state index in [-0.39, 0.29) is 134 Å². The zero-order valence-corrected chi connectivity index (χ0v) is 55.3. The van der Waals surface area contributed by atoms with Gasteiger partial charge in [0.25, 0.3) is 7.82 Å². The molecule has 0 bridgehead atoms. The first kappa shape index (κ1) is 82.2. The number of hydrogen-bond acceptors (Lipinski definition) is 15. The van der Waals surface area contributed by atoms with Crippen LogP contribution in [0.1, 0.15) is 226 Å². The number of esters is 2. The second kappa shape index (κ2) is 52.8. The van der Waals surface area contributed by atoms with Crippen molar-refractivity contribution in [1.29, 1.82) is 0 Å². The van der Waals surface area contributed by atoms with Gasteiger partial charge >= 0.3 is 101 Å². The summed E-state index contributed by atoms with van der Waals surface area (Å²) in [4.78, 5) is 103. The van der Waals surface area contributed by atoms with E-state index in [2.05, 4.69) is 48.8 Å². The van der Waals surface area contributed by atoms with E-state index in [9.17, 15) is 52.7 Å². The number of carbonyl (C=O) groups is 4.